The number of aliphatic hydroxyl groups is 1. The molecule has 1 aliphatic carbocycles. The number of aliphatic hydroxyl groups excluding tert-OH is 1. The molecule has 0 bridgehead atoms. The normalized spacial score (nSPS) is 14.8. The van der Waals surface area contributed by atoms with E-state index in [0.717, 1.165) is 40.7 Å². The Morgan fingerprint density at radius 3 is 2.77 bits per heavy atom. The van der Waals surface area contributed by atoms with Gasteiger partial charge in [-0.15, -0.1) is 0 Å². The molecule has 0 spiro atoms. The lowest BCUT2D eigenvalue weighted by Gasteiger charge is -2.20. The van der Waals surface area contributed by atoms with Crippen molar-refractivity contribution in [2.45, 2.75) is 45.1 Å². The lowest BCUT2D eigenvalue weighted by atomic mass is 9.96. The summed E-state index contributed by atoms with van der Waals surface area (Å²) >= 11 is 6.73. The van der Waals surface area contributed by atoms with Crippen LogP contribution in [0.5, 0.6) is 17.2 Å². The molecule has 40 heavy (non-hydrogen) atoms. The second kappa shape index (κ2) is 12.4. The fourth-order valence-corrected chi connectivity index (χ4v) is 5.14. The quantitative estimate of drug-likeness (QED) is 0.217. The number of aromatic hydroxyl groups is 1. The van der Waals surface area contributed by atoms with Crippen LogP contribution < -0.4 is 14.8 Å². The molecular weight excluding hydrogens is 526 g/mol. The van der Waals surface area contributed by atoms with E-state index in [1.807, 2.05) is 37.3 Å². The van der Waals surface area contributed by atoms with Crippen molar-refractivity contribution in [3.8, 4) is 34.4 Å². The predicted molar refractivity (Wildman–Crippen MR) is 153 cm³/mol. The Morgan fingerprint density at radius 2 is 1.98 bits per heavy atom. The van der Waals surface area contributed by atoms with Crippen molar-refractivity contribution in [3.63, 3.8) is 0 Å². The van der Waals surface area contributed by atoms with Gasteiger partial charge in [-0.3, -0.25) is 4.98 Å². The third kappa shape index (κ3) is 6.21. The van der Waals surface area contributed by atoms with E-state index in [2.05, 4.69) is 28.5 Å². The molecule has 4 aromatic rings. The lowest BCUT2D eigenvalue weighted by Crippen LogP contribution is -2.28. The molecule has 7 nitrogen and oxygen atoms in total. The average molecular weight is 556 g/mol. The largest absolute Gasteiger partial charge is 0.508 e. The minimum absolute atomic E-state index is 0.00339. The van der Waals surface area contributed by atoms with Gasteiger partial charge in [0.05, 0.1) is 17.2 Å². The monoisotopic (exact) mass is 555 g/mol. The number of phenolic OH excluding ortho intramolecular Hbond substituents is 1. The molecule has 0 radical (unpaired) electrons. The smallest absolute Gasteiger partial charge is 0.142 e. The van der Waals surface area contributed by atoms with Gasteiger partial charge in [0.15, 0.2) is 0 Å². The molecule has 3 aromatic carbocycles. The van der Waals surface area contributed by atoms with E-state index in [1.54, 1.807) is 24.4 Å². The molecule has 5 rings (SSSR count). The number of ether oxygens (including phenoxy) is 2. The molecule has 0 saturated heterocycles. The molecule has 1 aromatic heterocycles. The van der Waals surface area contributed by atoms with Crippen LogP contribution in [0, 0.1) is 11.3 Å². The molecule has 0 amide bonds. The fourth-order valence-electron chi connectivity index (χ4n) is 4.91. The highest BCUT2D eigenvalue weighted by atomic mass is 35.5. The van der Waals surface area contributed by atoms with Crippen LogP contribution in [0.4, 0.5) is 0 Å². The number of nitrogens with zero attached hydrogens (tertiary/aromatic N) is 2. The van der Waals surface area contributed by atoms with Crippen LogP contribution in [0.3, 0.4) is 0 Å². The van der Waals surface area contributed by atoms with Gasteiger partial charge in [-0.1, -0.05) is 41.9 Å². The van der Waals surface area contributed by atoms with E-state index < -0.39 is 0 Å². The van der Waals surface area contributed by atoms with Gasteiger partial charge in [0.2, 0.25) is 0 Å². The summed E-state index contributed by atoms with van der Waals surface area (Å²) in [6, 6.07) is 20.8. The SMILES string of the molecule is C[C@H](CO)NCc1cc(Cl)c(O[C@H]2CCc3c(-c4cccc(O)c4)cccc32)cc1OCc1cncc(C#N)c1. The number of rotatable bonds is 10. The van der Waals surface area contributed by atoms with E-state index in [4.69, 9.17) is 21.1 Å². The summed E-state index contributed by atoms with van der Waals surface area (Å²) in [7, 11) is 0. The Morgan fingerprint density at radius 1 is 1.12 bits per heavy atom. The van der Waals surface area contributed by atoms with Gasteiger partial charge in [0.25, 0.3) is 0 Å². The van der Waals surface area contributed by atoms with Crippen LogP contribution in [-0.2, 0) is 19.6 Å². The van der Waals surface area contributed by atoms with E-state index >= 15 is 0 Å². The Kier molecular flexibility index (Phi) is 8.51. The molecule has 3 N–H and O–H groups in total. The third-order valence-corrected chi connectivity index (χ3v) is 7.29. The molecule has 1 aliphatic rings. The van der Waals surface area contributed by atoms with Crippen molar-refractivity contribution in [1.82, 2.24) is 10.3 Å². The summed E-state index contributed by atoms with van der Waals surface area (Å²) in [6.07, 6.45) is 4.62. The number of pyridine rings is 1. The Balaban J connectivity index is 1.41. The predicted octanol–water partition coefficient (Wildman–Crippen LogP) is 6.09. The number of nitriles is 1. The van der Waals surface area contributed by atoms with E-state index in [-0.39, 0.29) is 31.1 Å². The zero-order chi connectivity index (χ0) is 28.1. The van der Waals surface area contributed by atoms with Crippen LogP contribution in [0.2, 0.25) is 5.02 Å². The Bertz CT molecular complexity index is 1550. The fraction of sp³-hybridized carbons (Fsp3) is 0.250. The van der Waals surface area contributed by atoms with Gasteiger partial charge < -0.3 is 25.0 Å². The van der Waals surface area contributed by atoms with Crippen molar-refractivity contribution in [2.75, 3.05) is 6.61 Å². The third-order valence-electron chi connectivity index (χ3n) is 6.99. The standard InChI is InChI=1S/C32H30ClN3O4/c1-20(18-37)36-17-24-12-29(33)32(13-31(24)39-19-22-10-21(14-34)15-35-16-22)40-30-9-8-27-26(6-3-7-28(27)30)23-4-2-5-25(38)11-23/h2-7,10-13,15-16,20,30,36-38H,8-9,17-19H2,1H3/t20-,30+/m1/s1. The van der Waals surface area contributed by atoms with E-state index in [0.29, 0.717) is 28.6 Å². The van der Waals surface area contributed by atoms with Gasteiger partial charge >= 0.3 is 0 Å². The summed E-state index contributed by atoms with van der Waals surface area (Å²) in [6.45, 7) is 2.55. The van der Waals surface area contributed by atoms with Crippen molar-refractivity contribution < 1.29 is 19.7 Å². The highest BCUT2D eigenvalue weighted by Crippen LogP contribution is 2.43. The molecule has 0 fully saturated rings. The summed E-state index contributed by atoms with van der Waals surface area (Å²) in [5.41, 5.74) is 6.40. The van der Waals surface area contributed by atoms with Crippen LogP contribution in [0.25, 0.3) is 11.1 Å². The van der Waals surface area contributed by atoms with Gasteiger partial charge in [-0.05, 0) is 66.3 Å². The van der Waals surface area contributed by atoms with Gasteiger partial charge in [-0.25, -0.2) is 0 Å². The molecule has 0 unspecified atom stereocenters. The van der Waals surface area contributed by atoms with E-state index in [1.165, 1.54) is 11.8 Å². The maximum atomic E-state index is 9.99. The van der Waals surface area contributed by atoms with Gasteiger partial charge in [-0.2, -0.15) is 5.26 Å². The van der Waals surface area contributed by atoms with Gasteiger partial charge in [0, 0.05) is 42.2 Å². The first kappa shape index (κ1) is 27.5. The van der Waals surface area contributed by atoms with Crippen molar-refractivity contribution in [1.29, 1.82) is 5.26 Å². The Hall–Kier alpha value is -4.09. The van der Waals surface area contributed by atoms with Crippen molar-refractivity contribution in [3.05, 3.63) is 106 Å². The summed E-state index contributed by atoms with van der Waals surface area (Å²) < 4.78 is 12.7. The van der Waals surface area contributed by atoms with Crippen LogP contribution in [0.1, 0.15) is 47.3 Å². The maximum Gasteiger partial charge on any atom is 0.142 e. The number of aromatic nitrogens is 1. The second-order valence-corrected chi connectivity index (χ2v) is 10.3. The first-order valence-electron chi connectivity index (χ1n) is 13.2. The zero-order valence-corrected chi connectivity index (χ0v) is 22.9. The topological polar surface area (TPSA) is 108 Å². The molecule has 204 valence electrons. The summed E-state index contributed by atoms with van der Waals surface area (Å²) in [4.78, 5) is 4.11. The average Bonchev–Trinajstić information content (AvgIpc) is 3.39. The molecular formula is C32H30ClN3O4. The number of fused-ring (bicyclic) bond motifs is 1. The van der Waals surface area contributed by atoms with Crippen molar-refractivity contribution in [2.24, 2.45) is 0 Å². The second-order valence-electron chi connectivity index (χ2n) is 9.91. The Labute approximate surface area is 238 Å². The number of hydrogen-bond donors (Lipinski definition) is 3. The maximum absolute atomic E-state index is 9.99. The summed E-state index contributed by atoms with van der Waals surface area (Å²) in [5, 5.41) is 32.4. The summed E-state index contributed by atoms with van der Waals surface area (Å²) in [5.74, 6) is 1.34. The zero-order valence-electron chi connectivity index (χ0n) is 22.1. The minimum Gasteiger partial charge on any atom is -0.508 e. The molecule has 2 atom stereocenters. The number of benzene rings is 3. The number of hydrogen-bond acceptors (Lipinski definition) is 7. The first-order chi connectivity index (χ1) is 19.4. The lowest BCUT2D eigenvalue weighted by molar-refractivity contribution is 0.205. The highest BCUT2D eigenvalue weighted by molar-refractivity contribution is 6.32. The van der Waals surface area contributed by atoms with Crippen molar-refractivity contribution >= 4 is 11.6 Å². The van der Waals surface area contributed by atoms with Crippen LogP contribution in [0.15, 0.2) is 73.1 Å². The minimum atomic E-state index is -0.187. The number of nitrogens with one attached hydrogen (secondary N) is 1. The first-order valence-corrected chi connectivity index (χ1v) is 13.5. The van der Waals surface area contributed by atoms with Crippen LogP contribution >= 0.6 is 11.6 Å². The van der Waals surface area contributed by atoms with E-state index in [9.17, 15) is 15.5 Å². The van der Waals surface area contributed by atoms with Gasteiger partial charge in [0.1, 0.15) is 36.0 Å². The molecule has 0 saturated carbocycles. The number of phenols is 1. The molecule has 1 heterocycles. The highest BCUT2D eigenvalue weighted by Gasteiger charge is 2.27. The van der Waals surface area contributed by atoms with Crippen LogP contribution in [-0.4, -0.2) is 27.8 Å². The number of halogens is 1. The molecule has 8 heteroatoms. The molecule has 0 aliphatic heterocycles.